The number of anilines is 2. The van der Waals surface area contributed by atoms with Crippen LogP contribution in [0.2, 0.25) is 0 Å². The summed E-state index contributed by atoms with van der Waals surface area (Å²) in [4.78, 5) is 26.2. The van der Waals surface area contributed by atoms with Crippen molar-refractivity contribution in [3.05, 3.63) is 59.3 Å². The Kier molecular flexibility index (Phi) is 6.31. The summed E-state index contributed by atoms with van der Waals surface area (Å²) >= 11 is 0. The highest BCUT2D eigenvalue weighted by molar-refractivity contribution is 6.11. The number of esters is 1. The van der Waals surface area contributed by atoms with E-state index >= 15 is 0 Å². The third-order valence-electron chi connectivity index (χ3n) is 6.11. The fourth-order valence-corrected chi connectivity index (χ4v) is 4.60. The maximum atomic E-state index is 13.7. The Morgan fingerprint density at radius 1 is 1.06 bits per heavy atom. The Balaban J connectivity index is 1.85. The van der Waals surface area contributed by atoms with Crippen molar-refractivity contribution in [2.24, 2.45) is 11.8 Å². The van der Waals surface area contributed by atoms with E-state index in [0.717, 1.165) is 22.6 Å². The van der Waals surface area contributed by atoms with Crippen LogP contribution in [-0.2, 0) is 14.3 Å². The van der Waals surface area contributed by atoms with E-state index < -0.39 is 17.9 Å². The van der Waals surface area contributed by atoms with Gasteiger partial charge in [-0.3, -0.25) is 9.59 Å². The molecule has 2 N–H and O–H groups in total. The highest BCUT2D eigenvalue weighted by Gasteiger charge is 2.44. The fourth-order valence-electron chi connectivity index (χ4n) is 4.60. The molecule has 33 heavy (non-hydrogen) atoms. The second kappa shape index (κ2) is 9.17. The number of ketones is 1. The Bertz CT molecular complexity index is 1110. The molecule has 7 heteroatoms. The van der Waals surface area contributed by atoms with Gasteiger partial charge in [-0.05, 0) is 56.0 Å². The van der Waals surface area contributed by atoms with Crippen molar-refractivity contribution in [2.45, 2.75) is 39.3 Å². The summed E-state index contributed by atoms with van der Waals surface area (Å²) in [7, 11) is 2.91. The van der Waals surface area contributed by atoms with Gasteiger partial charge in [-0.1, -0.05) is 25.1 Å². The van der Waals surface area contributed by atoms with E-state index in [1.165, 1.54) is 7.11 Å². The number of hydrogen-bond donors (Lipinski definition) is 2. The minimum absolute atomic E-state index is 0.00614. The zero-order valence-corrected chi connectivity index (χ0v) is 19.6. The van der Waals surface area contributed by atoms with Crippen molar-refractivity contribution in [1.29, 1.82) is 0 Å². The van der Waals surface area contributed by atoms with Gasteiger partial charge in [-0.2, -0.15) is 0 Å². The number of nitrogens with one attached hydrogen (secondary N) is 2. The molecule has 2 aromatic rings. The van der Waals surface area contributed by atoms with E-state index in [0.29, 0.717) is 23.5 Å². The summed E-state index contributed by atoms with van der Waals surface area (Å²) < 4.78 is 16.4. The molecule has 0 unspecified atom stereocenters. The topological polar surface area (TPSA) is 85.9 Å². The quantitative estimate of drug-likeness (QED) is 0.504. The number of fused-ring (bicyclic) bond motifs is 1. The zero-order chi connectivity index (χ0) is 23.7. The van der Waals surface area contributed by atoms with Crippen molar-refractivity contribution in [3.63, 3.8) is 0 Å². The predicted octanol–water partition coefficient (Wildman–Crippen LogP) is 4.71. The smallest absolute Gasteiger partial charge is 0.316 e. The van der Waals surface area contributed by atoms with Crippen molar-refractivity contribution in [1.82, 2.24) is 0 Å². The minimum Gasteiger partial charge on any atom is -0.493 e. The lowest BCUT2D eigenvalue weighted by molar-refractivity contribution is -0.151. The van der Waals surface area contributed by atoms with Gasteiger partial charge < -0.3 is 24.8 Å². The summed E-state index contributed by atoms with van der Waals surface area (Å²) in [5.74, 6) is -0.539. The molecule has 1 aliphatic carbocycles. The Hall–Kier alpha value is -3.48. The number of Topliss-reactive ketones (excluding diaryl/α,β-unsaturated/α-hetero) is 1. The highest BCUT2D eigenvalue weighted by Crippen LogP contribution is 2.45. The van der Waals surface area contributed by atoms with E-state index in [-0.39, 0.29) is 17.8 Å². The number of hydrogen-bond acceptors (Lipinski definition) is 7. The first kappa shape index (κ1) is 22.7. The molecular weight excluding hydrogens is 420 g/mol. The summed E-state index contributed by atoms with van der Waals surface area (Å²) in [5, 5.41) is 6.97. The molecule has 0 bridgehead atoms. The number of ether oxygens (including phenoxy) is 3. The summed E-state index contributed by atoms with van der Waals surface area (Å²) in [6.07, 6.45) is 0.548. The third-order valence-corrected chi connectivity index (χ3v) is 6.11. The average molecular weight is 451 g/mol. The van der Waals surface area contributed by atoms with Gasteiger partial charge in [0, 0.05) is 11.3 Å². The van der Waals surface area contributed by atoms with Crippen LogP contribution in [-0.4, -0.2) is 32.1 Å². The predicted molar refractivity (Wildman–Crippen MR) is 127 cm³/mol. The van der Waals surface area contributed by atoms with E-state index in [2.05, 4.69) is 10.6 Å². The molecule has 0 saturated heterocycles. The van der Waals surface area contributed by atoms with Gasteiger partial charge in [-0.15, -0.1) is 0 Å². The first-order chi connectivity index (χ1) is 15.8. The normalized spacial score (nSPS) is 21.9. The van der Waals surface area contributed by atoms with Crippen LogP contribution >= 0.6 is 0 Å². The van der Waals surface area contributed by atoms with Gasteiger partial charge in [0.2, 0.25) is 0 Å². The molecule has 0 amide bonds. The lowest BCUT2D eigenvalue weighted by atomic mass is 9.75. The van der Waals surface area contributed by atoms with Crippen LogP contribution in [0.15, 0.2) is 53.7 Å². The zero-order valence-electron chi connectivity index (χ0n) is 19.6. The van der Waals surface area contributed by atoms with Crippen LogP contribution in [0.1, 0.15) is 38.8 Å². The Labute approximate surface area is 194 Å². The molecule has 2 aliphatic rings. The Morgan fingerprint density at radius 2 is 1.79 bits per heavy atom. The van der Waals surface area contributed by atoms with E-state index in [4.69, 9.17) is 14.2 Å². The molecular formula is C26H30N2O5. The molecule has 0 spiro atoms. The molecule has 1 heterocycles. The molecule has 0 fully saturated rings. The van der Waals surface area contributed by atoms with Crippen LogP contribution in [0.3, 0.4) is 0 Å². The van der Waals surface area contributed by atoms with Crippen molar-refractivity contribution >= 4 is 23.1 Å². The van der Waals surface area contributed by atoms with Gasteiger partial charge >= 0.3 is 5.97 Å². The maximum Gasteiger partial charge on any atom is 0.316 e. The van der Waals surface area contributed by atoms with Gasteiger partial charge in [0.05, 0.1) is 37.7 Å². The molecule has 174 valence electrons. The first-order valence-electron chi connectivity index (χ1n) is 11.2. The largest absolute Gasteiger partial charge is 0.493 e. The summed E-state index contributed by atoms with van der Waals surface area (Å²) in [6, 6.07) is 13.0. The van der Waals surface area contributed by atoms with E-state index in [1.54, 1.807) is 7.11 Å². The monoisotopic (exact) mass is 450 g/mol. The average Bonchev–Trinajstić information content (AvgIpc) is 2.95. The second-order valence-electron chi connectivity index (χ2n) is 8.76. The number of allylic oxidation sites excluding steroid dienone is 1. The maximum absolute atomic E-state index is 13.7. The highest BCUT2D eigenvalue weighted by atomic mass is 16.5. The van der Waals surface area contributed by atoms with E-state index in [9.17, 15) is 9.59 Å². The van der Waals surface area contributed by atoms with Crippen LogP contribution in [0, 0.1) is 11.8 Å². The molecule has 0 aromatic heterocycles. The molecule has 2 aromatic carbocycles. The fraction of sp³-hybridized carbons (Fsp3) is 0.385. The van der Waals surface area contributed by atoms with Gasteiger partial charge in [0.1, 0.15) is 5.92 Å². The van der Waals surface area contributed by atoms with Gasteiger partial charge in [-0.25, -0.2) is 0 Å². The first-order valence-corrected chi connectivity index (χ1v) is 11.2. The Morgan fingerprint density at radius 3 is 2.45 bits per heavy atom. The molecule has 3 atom stereocenters. The van der Waals surface area contributed by atoms with Crippen molar-refractivity contribution < 1.29 is 23.8 Å². The number of carbonyl (C=O) groups excluding carboxylic acids is 2. The van der Waals surface area contributed by atoms with Crippen LogP contribution in [0.5, 0.6) is 11.5 Å². The molecule has 7 nitrogen and oxygen atoms in total. The summed E-state index contributed by atoms with van der Waals surface area (Å²) in [6.45, 7) is 5.81. The van der Waals surface area contributed by atoms with Crippen LogP contribution < -0.4 is 20.1 Å². The second-order valence-corrected chi connectivity index (χ2v) is 8.76. The lowest BCUT2D eigenvalue weighted by Gasteiger charge is -2.32. The van der Waals surface area contributed by atoms with Crippen LogP contribution in [0.25, 0.3) is 0 Å². The SMILES string of the molecule is COC(=O)[C@@H]1C(=O)C2=C(C[C@@H]1C)Nc1ccccc1N[C@@H]2c1ccc(OC(C)C)c(OC)c1. The number of para-hydroxylation sites is 2. The minimum atomic E-state index is -0.841. The molecule has 1 aliphatic heterocycles. The lowest BCUT2D eigenvalue weighted by Crippen LogP contribution is -2.39. The van der Waals surface area contributed by atoms with Gasteiger partial charge in [0.25, 0.3) is 0 Å². The molecule has 4 rings (SSSR count). The standard InChI is InChI=1S/C26H30N2O5/c1-14(2)33-20-11-10-16(13-21(20)31-4)24-23-19(27-17-8-6-7-9-18(17)28-24)12-15(3)22(25(23)29)26(30)32-5/h6-11,13-15,22,24,27-28H,12H2,1-5H3/t15-,22-,24+/m0/s1. The molecule has 0 radical (unpaired) electrons. The van der Waals surface area contributed by atoms with Crippen LogP contribution in [0.4, 0.5) is 11.4 Å². The third kappa shape index (κ3) is 4.27. The number of benzene rings is 2. The van der Waals surface area contributed by atoms with Crippen molar-refractivity contribution in [2.75, 3.05) is 24.9 Å². The van der Waals surface area contributed by atoms with E-state index in [1.807, 2.05) is 63.2 Å². The number of rotatable bonds is 5. The molecule has 0 saturated carbocycles. The summed E-state index contributed by atoms with van der Waals surface area (Å²) in [5.41, 5.74) is 3.94. The van der Waals surface area contributed by atoms with Crippen molar-refractivity contribution in [3.8, 4) is 11.5 Å². The number of carbonyl (C=O) groups is 2. The number of methoxy groups -OCH3 is 2. The van der Waals surface area contributed by atoms with Gasteiger partial charge in [0.15, 0.2) is 17.3 Å².